The van der Waals surface area contributed by atoms with Crippen molar-refractivity contribution in [3.63, 3.8) is 0 Å². The van der Waals surface area contributed by atoms with Crippen LogP contribution >= 0.6 is 11.6 Å². The van der Waals surface area contributed by atoms with Gasteiger partial charge in [0.05, 0.1) is 18.3 Å². The van der Waals surface area contributed by atoms with Gasteiger partial charge in [0.25, 0.3) is 0 Å². The zero-order valence-corrected chi connectivity index (χ0v) is 24.7. The van der Waals surface area contributed by atoms with Crippen molar-refractivity contribution < 1.29 is 24.5 Å². The fourth-order valence-electron chi connectivity index (χ4n) is 6.89. The van der Waals surface area contributed by atoms with E-state index in [0.717, 1.165) is 30.4 Å². The van der Waals surface area contributed by atoms with E-state index in [9.17, 15) is 24.5 Å². The molecule has 7 heteroatoms. The number of carbonyl (C=O) groups is 1. The van der Waals surface area contributed by atoms with Crippen LogP contribution in [0.3, 0.4) is 0 Å². The highest BCUT2D eigenvalue weighted by Crippen LogP contribution is 2.58. The molecule has 2 aromatic carbocycles. The topological polar surface area (TPSA) is 81.0 Å². The third-order valence-electron chi connectivity index (χ3n) is 9.38. The minimum atomic E-state index is -1.02. The fraction of sp³-hybridized carbons (Fsp3) is 0.545. The van der Waals surface area contributed by atoms with Gasteiger partial charge in [-0.3, -0.25) is 4.79 Å². The Morgan fingerprint density at radius 3 is 2.70 bits per heavy atom. The Morgan fingerprint density at radius 2 is 1.98 bits per heavy atom. The van der Waals surface area contributed by atoms with Crippen LogP contribution in [0.15, 0.2) is 48.0 Å². The smallest absolute Gasteiger partial charge is 0.167 e. The van der Waals surface area contributed by atoms with Crippen LogP contribution in [-0.4, -0.2) is 64.5 Å². The fourth-order valence-corrected chi connectivity index (χ4v) is 7.12. The first-order valence-electron chi connectivity index (χ1n) is 14.4. The van der Waals surface area contributed by atoms with E-state index in [2.05, 4.69) is 19.9 Å². The van der Waals surface area contributed by atoms with Crippen LogP contribution in [-0.2, 0) is 12.8 Å². The second kappa shape index (κ2) is 12.8. The molecule has 0 heterocycles. The minimum absolute atomic E-state index is 0.0131. The number of allylic oxidation sites excluding steroid dienone is 2. The van der Waals surface area contributed by atoms with E-state index in [4.69, 9.17) is 11.6 Å². The van der Waals surface area contributed by atoms with Gasteiger partial charge in [-0.05, 0) is 94.2 Å². The first-order chi connectivity index (χ1) is 19.0. The maximum Gasteiger partial charge on any atom is 0.167 e. The average Bonchev–Trinajstić information content (AvgIpc) is 3.14. The van der Waals surface area contributed by atoms with Crippen LogP contribution in [0.4, 0.5) is 4.39 Å². The number of aliphatic hydroxyl groups is 3. The van der Waals surface area contributed by atoms with Crippen molar-refractivity contribution in [2.45, 2.75) is 82.8 Å². The molecule has 2 bridgehead atoms. The summed E-state index contributed by atoms with van der Waals surface area (Å²) in [7, 11) is 1.91. The lowest BCUT2D eigenvalue weighted by Gasteiger charge is -2.45. The molecule has 0 saturated heterocycles. The highest BCUT2D eigenvalue weighted by molar-refractivity contribution is 6.31. The van der Waals surface area contributed by atoms with Crippen LogP contribution in [0, 0.1) is 11.2 Å². The molecule has 1 fully saturated rings. The monoisotopic (exact) mass is 571 g/mol. The van der Waals surface area contributed by atoms with Crippen LogP contribution in [0.5, 0.6) is 0 Å². The van der Waals surface area contributed by atoms with Crippen molar-refractivity contribution in [1.82, 2.24) is 4.90 Å². The molecule has 5 nitrogen and oxygen atoms in total. The number of carbonyl (C=O) groups excluding carboxylic acids is 1. The molecule has 3 aliphatic carbocycles. The first-order valence-corrected chi connectivity index (χ1v) is 14.8. The number of Topliss-reactive ketones (excluding diaryl/α,β-unsaturated/α-hetero) is 1. The van der Waals surface area contributed by atoms with Gasteiger partial charge in [-0.2, -0.15) is 0 Å². The quantitative estimate of drug-likeness (QED) is 0.286. The molecule has 0 radical (unpaired) electrons. The van der Waals surface area contributed by atoms with Gasteiger partial charge in [0.2, 0.25) is 0 Å². The van der Waals surface area contributed by atoms with Crippen molar-refractivity contribution in [2.24, 2.45) is 5.41 Å². The van der Waals surface area contributed by atoms with Crippen molar-refractivity contribution in [3.8, 4) is 0 Å². The molecule has 218 valence electrons. The lowest BCUT2D eigenvalue weighted by atomic mass is 9.64. The standard InChI is InChI=1S/C33H43ClFNO4/c1-22-6-5-14-32(2)28(13-15-33(32,40)21-36(3)16-17-37)25-12-10-23(18-24(38)11-9-22)19-26(25)31(39)20-27-29(34)7-4-8-30(27)35/h4,6-8,10,12,19,24,28,37-38,40H,5,9,11,13-18,20-21H2,1-3H3/t24-,28-,32-,33+/m0/s1. The molecule has 40 heavy (non-hydrogen) atoms. The van der Waals surface area contributed by atoms with Gasteiger partial charge in [0.15, 0.2) is 5.78 Å². The molecule has 0 aromatic heterocycles. The van der Waals surface area contributed by atoms with E-state index in [1.54, 1.807) is 6.07 Å². The number of nitrogens with zero attached hydrogens (tertiary/aromatic N) is 1. The predicted molar refractivity (Wildman–Crippen MR) is 157 cm³/mol. The molecule has 0 unspecified atom stereocenters. The number of hydrogen-bond donors (Lipinski definition) is 3. The Hall–Kier alpha value is -2.09. The Kier molecular flexibility index (Phi) is 9.90. The summed E-state index contributed by atoms with van der Waals surface area (Å²) in [5.74, 6) is -0.840. The Labute approximate surface area is 242 Å². The number of ketones is 1. The lowest BCUT2D eigenvalue weighted by Crippen LogP contribution is -2.52. The highest BCUT2D eigenvalue weighted by Gasteiger charge is 2.57. The van der Waals surface area contributed by atoms with E-state index in [1.165, 1.54) is 17.7 Å². The SMILES string of the molecule is CC1=CCC[C@@]2(C)[C@@H](CC[C@@]2(O)CN(C)CCO)c2ccc(cc2C(=O)Cc2c(F)cccc2Cl)C[C@@H](O)CC1. The molecule has 4 atom stereocenters. The zero-order valence-electron chi connectivity index (χ0n) is 23.9. The van der Waals surface area contributed by atoms with Gasteiger partial charge in [-0.25, -0.2) is 4.39 Å². The molecular weight excluding hydrogens is 529 g/mol. The van der Waals surface area contributed by atoms with Gasteiger partial charge in [0, 0.05) is 41.1 Å². The van der Waals surface area contributed by atoms with Gasteiger partial charge in [-0.1, -0.05) is 48.4 Å². The summed E-state index contributed by atoms with van der Waals surface area (Å²) >= 11 is 6.29. The molecule has 2 aromatic rings. The Morgan fingerprint density at radius 1 is 1.20 bits per heavy atom. The molecule has 0 amide bonds. The van der Waals surface area contributed by atoms with Gasteiger partial charge < -0.3 is 20.2 Å². The Balaban J connectivity index is 1.81. The number of likely N-dealkylation sites (N-methyl/N-ethyl adjacent to an activating group) is 1. The summed E-state index contributed by atoms with van der Waals surface area (Å²) in [4.78, 5) is 15.9. The number of aliphatic hydroxyl groups excluding tert-OH is 2. The second-order valence-corrected chi connectivity index (χ2v) is 12.6. The van der Waals surface area contributed by atoms with Gasteiger partial charge in [0.1, 0.15) is 5.82 Å². The van der Waals surface area contributed by atoms with Crippen LogP contribution in [0.1, 0.15) is 85.3 Å². The van der Waals surface area contributed by atoms with E-state index >= 15 is 0 Å². The maximum absolute atomic E-state index is 14.7. The molecule has 1 saturated carbocycles. The van der Waals surface area contributed by atoms with Gasteiger partial charge in [-0.15, -0.1) is 0 Å². The van der Waals surface area contributed by atoms with Crippen LogP contribution in [0.2, 0.25) is 5.02 Å². The molecule has 3 aliphatic rings. The number of fused-ring (bicyclic) bond motifs is 8. The molecular formula is C33H43ClFNO4. The largest absolute Gasteiger partial charge is 0.395 e. The zero-order chi connectivity index (χ0) is 29.1. The summed E-state index contributed by atoms with van der Waals surface area (Å²) in [6.07, 6.45) is 6.09. The first kappa shape index (κ1) is 30.9. The third kappa shape index (κ3) is 6.52. The van der Waals surface area contributed by atoms with E-state index in [1.807, 2.05) is 30.1 Å². The van der Waals surface area contributed by atoms with Crippen molar-refractivity contribution in [3.05, 3.63) is 81.1 Å². The summed E-state index contributed by atoms with van der Waals surface area (Å²) in [6, 6.07) is 10.3. The van der Waals surface area contributed by atoms with Crippen LogP contribution < -0.4 is 0 Å². The normalized spacial score (nSPS) is 27.4. The minimum Gasteiger partial charge on any atom is -0.395 e. The van der Waals surface area contributed by atoms with E-state index in [-0.39, 0.29) is 35.3 Å². The van der Waals surface area contributed by atoms with E-state index < -0.39 is 22.9 Å². The van der Waals surface area contributed by atoms with Crippen molar-refractivity contribution in [2.75, 3.05) is 26.7 Å². The molecule has 0 aliphatic heterocycles. The number of halogens is 2. The Bertz CT molecular complexity index is 1230. The maximum atomic E-state index is 14.7. The van der Waals surface area contributed by atoms with Crippen molar-refractivity contribution >= 4 is 17.4 Å². The molecule has 0 spiro atoms. The van der Waals surface area contributed by atoms with Crippen molar-refractivity contribution in [1.29, 1.82) is 0 Å². The highest BCUT2D eigenvalue weighted by atomic mass is 35.5. The van der Waals surface area contributed by atoms with E-state index in [0.29, 0.717) is 44.3 Å². The number of benzene rings is 2. The van der Waals surface area contributed by atoms with Gasteiger partial charge >= 0.3 is 0 Å². The molecule has 3 N–H and O–H groups in total. The molecule has 5 rings (SSSR count). The average molecular weight is 572 g/mol. The summed E-state index contributed by atoms with van der Waals surface area (Å²) in [5.41, 5.74) is 2.05. The summed E-state index contributed by atoms with van der Waals surface area (Å²) in [6.45, 7) is 5.12. The second-order valence-electron chi connectivity index (χ2n) is 12.2. The predicted octanol–water partition coefficient (Wildman–Crippen LogP) is 5.87. The summed E-state index contributed by atoms with van der Waals surface area (Å²) < 4.78 is 14.7. The number of rotatable bonds is 7. The number of hydrogen-bond acceptors (Lipinski definition) is 5. The third-order valence-corrected chi connectivity index (χ3v) is 9.74. The lowest BCUT2D eigenvalue weighted by molar-refractivity contribution is -0.0810. The summed E-state index contributed by atoms with van der Waals surface area (Å²) in [5, 5.41) is 32.7. The van der Waals surface area contributed by atoms with Crippen LogP contribution in [0.25, 0.3) is 0 Å².